The first kappa shape index (κ1) is 14.2. The Morgan fingerprint density at radius 2 is 1.87 bits per heavy atom. The highest BCUT2D eigenvalue weighted by molar-refractivity contribution is 7.96. The Labute approximate surface area is 95.2 Å². The summed E-state index contributed by atoms with van der Waals surface area (Å²) in [6.07, 6.45) is 1.02. The molecule has 1 amide bonds. The fourth-order valence-electron chi connectivity index (χ4n) is 1.44. The van der Waals surface area contributed by atoms with Crippen LogP contribution in [0.3, 0.4) is 0 Å². The number of ketones is 1. The molecule has 0 aromatic heterocycles. The zero-order valence-electron chi connectivity index (χ0n) is 9.24. The maximum Gasteiger partial charge on any atom is 0.217 e. The van der Waals surface area contributed by atoms with Crippen LogP contribution < -0.4 is 5.32 Å². The van der Waals surface area contributed by atoms with Crippen LogP contribution in [0.5, 0.6) is 0 Å². The first-order valence-corrected chi connectivity index (χ1v) is 5.37. The van der Waals surface area contributed by atoms with Crippen molar-refractivity contribution in [1.82, 2.24) is 5.32 Å². The van der Waals surface area contributed by atoms with Crippen LogP contribution in [0.4, 0.5) is 0 Å². The normalized spacial score (nSPS) is 14.1. The van der Waals surface area contributed by atoms with E-state index < -0.39 is 17.1 Å². The zero-order valence-corrected chi connectivity index (χ0v) is 10.1. The van der Waals surface area contributed by atoms with E-state index >= 15 is 0 Å². The van der Waals surface area contributed by atoms with Crippen LogP contribution >= 0.6 is 12.6 Å². The number of hydrogen-bond acceptors (Lipinski definition) is 3. The first-order chi connectivity index (χ1) is 6.90. The van der Waals surface area contributed by atoms with Crippen LogP contribution in [0.1, 0.15) is 33.6 Å². The molecule has 1 N–H and O–H groups in total. The molecule has 2 atom stereocenters. The van der Waals surface area contributed by atoms with Crippen LogP contribution in [0.15, 0.2) is 0 Å². The van der Waals surface area contributed by atoms with Crippen molar-refractivity contribution in [1.29, 1.82) is 0 Å². The molecule has 0 heterocycles. The summed E-state index contributed by atoms with van der Waals surface area (Å²) < 4.78 is 0. The molecule has 0 saturated carbocycles. The molecule has 5 heteroatoms. The number of nitrogens with one attached hydrogen (secondary N) is 1. The molecule has 0 aromatic carbocycles. The lowest BCUT2D eigenvalue weighted by Crippen LogP contribution is -2.43. The molecule has 0 aliphatic carbocycles. The molecule has 0 saturated heterocycles. The van der Waals surface area contributed by atoms with Crippen molar-refractivity contribution in [2.24, 2.45) is 5.92 Å². The molecule has 15 heavy (non-hydrogen) atoms. The smallest absolute Gasteiger partial charge is 0.217 e. The Morgan fingerprint density at radius 3 is 2.20 bits per heavy atom. The minimum atomic E-state index is -0.836. The van der Waals surface area contributed by atoms with Crippen molar-refractivity contribution in [3.8, 4) is 0 Å². The molecule has 1 unspecified atom stereocenters. The molecule has 4 nitrogen and oxygen atoms in total. The van der Waals surface area contributed by atoms with Gasteiger partial charge in [-0.05, 0) is 13.3 Å². The molecular weight excluding hydrogens is 214 g/mol. The van der Waals surface area contributed by atoms with Crippen molar-refractivity contribution in [3.63, 3.8) is 0 Å². The predicted octanol–water partition coefficient (Wildman–Crippen LogP) is 0.953. The van der Waals surface area contributed by atoms with Gasteiger partial charge in [-0.25, -0.2) is 0 Å². The summed E-state index contributed by atoms with van der Waals surface area (Å²) in [7, 11) is 0. The lowest BCUT2D eigenvalue weighted by atomic mass is 9.94. The minimum Gasteiger partial charge on any atom is -0.353 e. The number of Topliss-reactive ketones (excluding diaryl/α,β-unsaturated/α-hetero) is 1. The van der Waals surface area contributed by atoms with Crippen LogP contribution in [-0.2, 0) is 14.4 Å². The quantitative estimate of drug-likeness (QED) is 0.528. The summed E-state index contributed by atoms with van der Waals surface area (Å²) in [5.41, 5.74) is 0. The van der Waals surface area contributed by atoms with Gasteiger partial charge in [-0.15, -0.1) is 12.6 Å². The second-order valence-electron chi connectivity index (χ2n) is 3.52. The molecule has 0 spiro atoms. The SMILES string of the molecule is CCCC(=O)[C@@H](C(=O)S)C(C)NC(C)=O. The van der Waals surface area contributed by atoms with Crippen LogP contribution in [-0.4, -0.2) is 22.8 Å². The van der Waals surface area contributed by atoms with E-state index in [1.54, 1.807) is 6.92 Å². The predicted molar refractivity (Wildman–Crippen MR) is 60.7 cm³/mol. The van der Waals surface area contributed by atoms with E-state index in [0.717, 1.165) is 0 Å². The third-order valence-electron chi connectivity index (χ3n) is 2.04. The van der Waals surface area contributed by atoms with E-state index in [1.807, 2.05) is 6.92 Å². The number of rotatable bonds is 6. The van der Waals surface area contributed by atoms with E-state index in [0.29, 0.717) is 12.8 Å². The Hall–Kier alpha value is -0.840. The summed E-state index contributed by atoms with van der Waals surface area (Å²) >= 11 is 3.68. The Balaban J connectivity index is 4.58. The van der Waals surface area contributed by atoms with Gasteiger partial charge in [-0.3, -0.25) is 14.4 Å². The van der Waals surface area contributed by atoms with Gasteiger partial charge in [0.05, 0.1) is 0 Å². The van der Waals surface area contributed by atoms with E-state index in [9.17, 15) is 14.4 Å². The molecule has 0 aromatic rings. The average Bonchev–Trinajstić information content (AvgIpc) is 2.01. The number of carbonyl (C=O) groups excluding carboxylic acids is 3. The second-order valence-corrected chi connectivity index (χ2v) is 3.96. The summed E-state index contributed by atoms with van der Waals surface area (Å²) in [4.78, 5) is 33.6. The van der Waals surface area contributed by atoms with E-state index in [2.05, 4.69) is 17.9 Å². The number of amides is 1. The molecule has 0 aliphatic heterocycles. The van der Waals surface area contributed by atoms with Crippen molar-refractivity contribution >= 4 is 29.4 Å². The van der Waals surface area contributed by atoms with E-state index in [4.69, 9.17) is 0 Å². The highest BCUT2D eigenvalue weighted by Crippen LogP contribution is 2.12. The molecule has 0 rings (SSSR count). The van der Waals surface area contributed by atoms with Crippen molar-refractivity contribution in [2.75, 3.05) is 0 Å². The third kappa shape index (κ3) is 4.97. The molecular formula is C10H17NO3S. The van der Waals surface area contributed by atoms with Crippen molar-refractivity contribution < 1.29 is 14.4 Å². The summed E-state index contributed by atoms with van der Waals surface area (Å²) in [5.74, 6) is -1.26. The van der Waals surface area contributed by atoms with Gasteiger partial charge >= 0.3 is 0 Å². The van der Waals surface area contributed by atoms with Gasteiger partial charge in [0.1, 0.15) is 11.7 Å². The maximum absolute atomic E-state index is 11.6. The van der Waals surface area contributed by atoms with Gasteiger partial charge in [0.25, 0.3) is 0 Å². The second kappa shape index (κ2) is 6.61. The zero-order chi connectivity index (χ0) is 12.0. The van der Waals surface area contributed by atoms with Gasteiger partial charge in [0.2, 0.25) is 5.91 Å². The summed E-state index contributed by atoms with van der Waals surface area (Å²) in [6.45, 7) is 4.84. The number of hydrogen-bond donors (Lipinski definition) is 2. The lowest BCUT2D eigenvalue weighted by molar-refractivity contribution is -0.130. The third-order valence-corrected chi connectivity index (χ3v) is 2.32. The fourth-order valence-corrected chi connectivity index (χ4v) is 1.80. The highest BCUT2D eigenvalue weighted by atomic mass is 32.1. The fraction of sp³-hybridized carbons (Fsp3) is 0.700. The number of carbonyl (C=O) groups is 3. The monoisotopic (exact) mass is 231 g/mol. The molecule has 0 radical (unpaired) electrons. The maximum atomic E-state index is 11.6. The van der Waals surface area contributed by atoms with Gasteiger partial charge in [-0.1, -0.05) is 6.92 Å². The van der Waals surface area contributed by atoms with E-state index in [1.165, 1.54) is 6.92 Å². The van der Waals surface area contributed by atoms with Gasteiger partial charge < -0.3 is 5.32 Å². The van der Waals surface area contributed by atoms with Crippen LogP contribution in [0.25, 0.3) is 0 Å². The topological polar surface area (TPSA) is 63.2 Å². The average molecular weight is 231 g/mol. The largest absolute Gasteiger partial charge is 0.353 e. The van der Waals surface area contributed by atoms with Gasteiger partial charge in [0.15, 0.2) is 5.12 Å². The molecule has 0 fully saturated rings. The Bertz CT molecular complexity index is 265. The first-order valence-electron chi connectivity index (χ1n) is 4.92. The summed E-state index contributed by atoms with van der Waals surface area (Å²) in [6, 6.07) is -0.494. The Morgan fingerprint density at radius 1 is 1.33 bits per heavy atom. The lowest BCUT2D eigenvalue weighted by Gasteiger charge is -2.20. The minimum absolute atomic E-state index is 0.168. The van der Waals surface area contributed by atoms with Gasteiger partial charge in [-0.2, -0.15) is 0 Å². The molecule has 0 bridgehead atoms. The number of thiol groups is 1. The van der Waals surface area contributed by atoms with E-state index in [-0.39, 0.29) is 11.7 Å². The van der Waals surface area contributed by atoms with Gasteiger partial charge in [0, 0.05) is 19.4 Å². The van der Waals surface area contributed by atoms with Crippen LogP contribution in [0.2, 0.25) is 0 Å². The molecule has 0 aliphatic rings. The van der Waals surface area contributed by atoms with Crippen LogP contribution in [0, 0.1) is 5.92 Å². The highest BCUT2D eigenvalue weighted by Gasteiger charge is 2.29. The standard InChI is InChI=1S/C10H17NO3S/c1-4-5-8(13)9(10(14)15)6(2)11-7(3)12/h6,9H,4-5H2,1-3H3,(H,11,12)(H,14,15)/t6?,9-/m0/s1. The Kier molecular flexibility index (Phi) is 6.24. The van der Waals surface area contributed by atoms with Crippen molar-refractivity contribution in [2.45, 2.75) is 39.7 Å². The van der Waals surface area contributed by atoms with Crippen molar-refractivity contribution in [3.05, 3.63) is 0 Å². The summed E-state index contributed by atoms with van der Waals surface area (Å²) in [5, 5.41) is 2.04. The molecule has 86 valence electrons.